The van der Waals surface area contributed by atoms with E-state index < -0.39 is 0 Å². The van der Waals surface area contributed by atoms with E-state index in [0.29, 0.717) is 17.5 Å². The molecule has 0 aliphatic carbocycles. The van der Waals surface area contributed by atoms with E-state index in [0.717, 1.165) is 110 Å². The van der Waals surface area contributed by atoms with Gasteiger partial charge in [-0.2, -0.15) is 0 Å². The number of fused-ring (bicyclic) bond motifs is 10. The lowest BCUT2D eigenvalue weighted by Gasteiger charge is -2.14. The minimum atomic E-state index is 0.590. The molecule has 298 valence electrons. The molecule has 0 unspecified atom stereocenters. The van der Waals surface area contributed by atoms with Gasteiger partial charge in [-0.1, -0.05) is 164 Å². The highest BCUT2D eigenvalue weighted by atomic mass is 16.3. The molecule has 0 aliphatic rings. The number of hydrogen-bond acceptors (Lipinski definition) is 5. The van der Waals surface area contributed by atoms with Crippen molar-refractivity contribution < 1.29 is 4.42 Å². The summed E-state index contributed by atoms with van der Waals surface area (Å²) in [4.78, 5) is 20.8. The molecule has 0 N–H and O–H groups in total. The molecule has 0 bridgehead atoms. The number of pyridine rings is 1. The minimum absolute atomic E-state index is 0.590. The number of benzene rings is 9. The maximum absolute atomic E-state index is 6.46. The highest BCUT2D eigenvalue weighted by Crippen LogP contribution is 2.43. The van der Waals surface area contributed by atoms with E-state index in [1.165, 1.54) is 0 Å². The summed E-state index contributed by atoms with van der Waals surface area (Å²) in [6, 6.07) is 73.8. The number of furan rings is 1. The molecule has 0 saturated heterocycles. The van der Waals surface area contributed by atoms with Gasteiger partial charge in [-0.05, 0) is 54.1 Å². The predicted molar refractivity (Wildman–Crippen MR) is 261 cm³/mol. The standard InChI is InChI=1S/C58H35N5O/c1-4-16-36(17-5-1)53-47-32-31-44-48-35-40(30-33-50(48)63(41-22-8-3-9-23-41)54(44)52(47)46-25-10-12-28-49(46)59-53)58-61-56(37-18-6-2-7-19-37)60-57(62-58)39-21-14-20-38(34-39)42-26-15-27-45-43-24-11-13-29-51(43)64-55(42)45/h1-35H. The predicted octanol–water partition coefficient (Wildman–Crippen LogP) is 14.9. The first-order chi connectivity index (χ1) is 31.7. The van der Waals surface area contributed by atoms with Crippen LogP contribution in [0.2, 0.25) is 0 Å². The van der Waals surface area contributed by atoms with Crippen LogP contribution in [0.15, 0.2) is 217 Å². The van der Waals surface area contributed by atoms with E-state index in [-0.39, 0.29) is 0 Å². The van der Waals surface area contributed by atoms with Crippen LogP contribution < -0.4 is 0 Å². The van der Waals surface area contributed by atoms with Crippen molar-refractivity contribution in [1.29, 1.82) is 0 Å². The fourth-order valence-corrected chi connectivity index (χ4v) is 9.49. The van der Waals surface area contributed by atoms with Gasteiger partial charge in [0.1, 0.15) is 11.2 Å². The molecule has 13 rings (SSSR count). The second-order valence-corrected chi connectivity index (χ2v) is 16.2. The van der Waals surface area contributed by atoms with Gasteiger partial charge in [0.15, 0.2) is 17.5 Å². The molecule has 6 nitrogen and oxygen atoms in total. The third-order valence-electron chi connectivity index (χ3n) is 12.4. The van der Waals surface area contributed by atoms with Gasteiger partial charge in [0.2, 0.25) is 0 Å². The molecule has 0 radical (unpaired) electrons. The normalized spacial score (nSPS) is 11.8. The van der Waals surface area contributed by atoms with Crippen molar-refractivity contribution in [3.05, 3.63) is 212 Å². The average molecular weight is 818 g/mol. The van der Waals surface area contributed by atoms with Gasteiger partial charge in [0.25, 0.3) is 0 Å². The number of hydrogen-bond donors (Lipinski definition) is 0. The molecular weight excluding hydrogens is 783 g/mol. The summed E-state index contributed by atoms with van der Waals surface area (Å²) in [5.74, 6) is 1.79. The molecule has 64 heavy (non-hydrogen) atoms. The molecule has 9 aromatic carbocycles. The fourth-order valence-electron chi connectivity index (χ4n) is 9.49. The summed E-state index contributed by atoms with van der Waals surface area (Å²) >= 11 is 0. The summed E-state index contributed by atoms with van der Waals surface area (Å²) in [6.07, 6.45) is 0. The molecule has 6 heteroatoms. The third-order valence-corrected chi connectivity index (χ3v) is 12.4. The summed E-state index contributed by atoms with van der Waals surface area (Å²) in [6.45, 7) is 0. The number of rotatable bonds is 6. The van der Waals surface area contributed by atoms with Gasteiger partial charge in [-0.3, -0.25) is 0 Å². The summed E-state index contributed by atoms with van der Waals surface area (Å²) in [7, 11) is 0. The molecule has 0 fully saturated rings. The molecular formula is C58H35N5O. The van der Waals surface area contributed by atoms with Crippen LogP contribution in [-0.2, 0) is 0 Å². The Kier molecular flexibility index (Phi) is 8.11. The molecule has 0 aliphatic heterocycles. The Morgan fingerprint density at radius 2 is 0.953 bits per heavy atom. The quantitative estimate of drug-likeness (QED) is 0.156. The SMILES string of the molecule is c1ccc(-c2nc(-c3cccc(-c4cccc5c4oc4ccccc45)c3)nc(-c3ccc4c(c3)c3ccc5c(-c6ccccc6)nc6ccccc6c5c3n4-c3ccccc3)n2)cc1. The molecule has 0 saturated carbocycles. The highest BCUT2D eigenvalue weighted by molar-refractivity contribution is 6.27. The van der Waals surface area contributed by atoms with Crippen molar-refractivity contribution in [1.82, 2.24) is 24.5 Å². The zero-order chi connectivity index (χ0) is 42.1. The van der Waals surface area contributed by atoms with E-state index >= 15 is 0 Å². The van der Waals surface area contributed by atoms with E-state index in [9.17, 15) is 0 Å². The Morgan fingerprint density at radius 1 is 0.359 bits per heavy atom. The molecule has 0 amide bonds. The minimum Gasteiger partial charge on any atom is -0.455 e. The van der Waals surface area contributed by atoms with Gasteiger partial charge in [-0.15, -0.1) is 0 Å². The van der Waals surface area contributed by atoms with Crippen molar-refractivity contribution in [2.24, 2.45) is 0 Å². The van der Waals surface area contributed by atoms with Crippen LogP contribution in [0.5, 0.6) is 0 Å². The van der Waals surface area contributed by atoms with Gasteiger partial charge in [-0.25, -0.2) is 19.9 Å². The van der Waals surface area contributed by atoms with Crippen LogP contribution in [-0.4, -0.2) is 24.5 Å². The van der Waals surface area contributed by atoms with Crippen LogP contribution in [0.4, 0.5) is 0 Å². The first-order valence-electron chi connectivity index (χ1n) is 21.5. The third kappa shape index (κ3) is 5.73. The maximum atomic E-state index is 6.46. The van der Waals surface area contributed by atoms with E-state index in [1.807, 2.05) is 42.5 Å². The second-order valence-electron chi connectivity index (χ2n) is 16.2. The van der Waals surface area contributed by atoms with Crippen molar-refractivity contribution >= 4 is 65.4 Å². The van der Waals surface area contributed by atoms with E-state index in [4.69, 9.17) is 24.4 Å². The van der Waals surface area contributed by atoms with Crippen LogP contribution >= 0.6 is 0 Å². The topological polar surface area (TPSA) is 69.6 Å². The first kappa shape index (κ1) is 36.0. The van der Waals surface area contributed by atoms with Gasteiger partial charge >= 0.3 is 0 Å². The van der Waals surface area contributed by atoms with Gasteiger partial charge in [0.05, 0.1) is 22.2 Å². The van der Waals surface area contributed by atoms with Crippen LogP contribution in [0.25, 0.3) is 128 Å². The lowest BCUT2D eigenvalue weighted by molar-refractivity contribution is 0.670. The molecule has 4 aromatic heterocycles. The lowest BCUT2D eigenvalue weighted by atomic mass is 9.97. The zero-order valence-corrected chi connectivity index (χ0v) is 34.4. The Balaban J connectivity index is 1.04. The van der Waals surface area contributed by atoms with Crippen LogP contribution in [0, 0.1) is 0 Å². The monoisotopic (exact) mass is 817 g/mol. The van der Waals surface area contributed by atoms with Crippen molar-refractivity contribution in [3.63, 3.8) is 0 Å². The number of aromatic nitrogens is 5. The van der Waals surface area contributed by atoms with Crippen molar-refractivity contribution in [3.8, 4) is 62.2 Å². The Labute approximate surface area is 367 Å². The smallest absolute Gasteiger partial charge is 0.164 e. The molecule has 0 spiro atoms. The maximum Gasteiger partial charge on any atom is 0.164 e. The summed E-state index contributed by atoms with van der Waals surface area (Å²) < 4.78 is 8.86. The van der Waals surface area contributed by atoms with Crippen molar-refractivity contribution in [2.75, 3.05) is 0 Å². The largest absolute Gasteiger partial charge is 0.455 e. The van der Waals surface area contributed by atoms with E-state index in [2.05, 4.69) is 174 Å². The highest BCUT2D eigenvalue weighted by Gasteiger charge is 2.22. The van der Waals surface area contributed by atoms with Crippen molar-refractivity contribution in [2.45, 2.75) is 0 Å². The number of nitrogens with zero attached hydrogens (tertiary/aromatic N) is 5. The van der Waals surface area contributed by atoms with E-state index in [1.54, 1.807) is 0 Å². The zero-order valence-electron chi connectivity index (χ0n) is 34.4. The summed E-state index contributed by atoms with van der Waals surface area (Å²) in [5.41, 5.74) is 12.8. The number of para-hydroxylation sites is 4. The molecule has 4 heterocycles. The van der Waals surface area contributed by atoms with Crippen LogP contribution in [0.3, 0.4) is 0 Å². The summed E-state index contributed by atoms with van der Waals surface area (Å²) in [5, 5.41) is 7.80. The molecule has 13 aromatic rings. The molecule has 0 atom stereocenters. The second kappa shape index (κ2) is 14.4. The Bertz CT molecular complexity index is 3950. The average Bonchev–Trinajstić information content (AvgIpc) is 3.92. The fraction of sp³-hybridized carbons (Fsp3) is 0. The Morgan fingerprint density at radius 3 is 1.75 bits per heavy atom. The lowest BCUT2D eigenvalue weighted by Crippen LogP contribution is -2.00. The van der Waals surface area contributed by atoms with Gasteiger partial charge < -0.3 is 8.98 Å². The first-order valence-corrected chi connectivity index (χ1v) is 21.5. The van der Waals surface area contributed by atoms with Gasteiger partial charge in [0, 0.05) is 71.2 Å². The van der Waals surface area contributed by atoms with Crippen LogP contribution in [0.1, 0.15) is 0 Å². The Hall–Kier alpha value is -8.74.